The molecule has 2 fully saturated rings. The summed E-state index contributed by atoms with van der Waals surface area (Å²) in [5, 5.41) is 2.67. The van der Waals surface area contributed by atoms with Crippen molar-refractivity contribution in [3.63, 3.8) is 0 Å². The van der Waals surface area contributed by atoms with E-state index >= 15 is 0 Å². The molecule has 1 aromatic carbocycles. The fourth-order valence-corrected chi connectivity index (χ4v) is 6.28. The molecule has 1 aromatic heterocycles. The number of rotatable bonds is 8. The van der Waals surface area contributed by atoms with Crippen molar-refractivity contribution in [2.45, 2.75) is 49.3 Å². The highest BCUT2D eigenvalue weighted by Crippen LogP contribution is 2.34. The van der Waals surface area contributed by atoms with Crippen LogP contribution in [-0.4, -0.2) is 71.4 Å². The topological polar surface area (TPSA) is 117 Å². The second kappa shape index (κ2) is 10.1. The van der Waals surface area contributed by atoms with Gasteiger partial charge in [-0.3, -0.25) is 14.4 Å². The molecule has 10 heteroatoms. The van der Waals surface area contributed by atoms with Crippen molar-refractivity contribution >= 4 is 33.7 Å². The number of likely N-dealkylation sites (tertiary alicyclic amines) is 1. The van der Waals surface area contributed by atoms with Gasteiger partial charge in [-0.25, -0.2) is 13.4 Å². The molecule has 3 atom stereocenters. The van der Waals surface area contributed by atoms with E-state index in [1.54, 1.807) is 42.5 Å². The fraction of sp³-hybridized carbons (Fsp3) is 0.360. The standard InChI is InChI=1S/C25H28N4O5S/c1-3-7-19(27-24(31)18-11-9-17(4-2)10-12-18)25(32)28-15-13-20-23(28)21(30)16-29(20)35(33,34)22-8-5-6-14-26-22/h4-6,8-12,14,19-20,23H,2-3,7,13,15-16H2,1H3,(H,27,31). The van der Waals surface area contributed by atoms with Gasteiger partial charge < -0.3 is 10.2 Å². The first-order valence-corrected chi connectivity index (χ1v) is 13.0. The summed E-state index contributed by atoms with van der Waals surface area (Å²) in [7, 11) is -3.98. The maximum Gasteiger partial charge on any atom is 0.261 e. The molecule has 0 spiro atoms. The molecule has 2 aliphatic rings. The van der Waals surface area contributed by atoms with Gasteiger partial charge in [0, 0.05) is 18.3 Å². The summed E-state index contributed by atoms with van der Waals surface area (Å²) in [6.07, 6.45) is 4.43. The maximum atomic E-state index is 13.5. The Morgan fingerprint density at radius 3 is 2.60 bits per heavy atom. The molecule has 1 N–H and O–H groups in total. The molecule has 2 amide bonds. The first kappa shape index (κ1) is 24.7. The first-order valence-electron chi connectivity index (χ1n) is 11.6. The van der Waals surface area contributed by atoms with E-state index in [1.165, 1.54) is 17.2 Å². The quantitative estimate of drug-likeness (QED) is 0.596. The van der Waals surface area contributed by atoms with Crippen LogP contribution in [0.3, 0.4) is 0 Å². The van der Waals surface area contributed by atoms with Crippen LogP contribution >= 0.6 is 0 Å². The van der Waals surface area contributed by atoms with E-state index < -0.39 is 28.1 Å². The maximum absolute atomic E-state index is 13.5. The van der Waals surface area contributed by atoms with Crippen LogP contribution < -0.4 is 5.32 Å². The van der Waals surface area contributed by atoms with Gasteiger partial charge >= 0.3 is 0 Å². The van der Waals surface area contributed by atoms with Gasteiger partial charge in [0.1, 0.15) is 12.1 Å². The van der Waals surface area contributed by atoms with Crippen molar-refractivity contribution in [2.75, 3.05) is 13.1 Å². The Kier molecular flexibility index (Phi) is 7.13. The molecule has 9 nitrogen and oxygen atoms in total. The van der Waals surface area contributed by atoms with Crippen molar-refractivity contribution in [1.82, 2.24) is 19.5 Å². The van der Waals surface area contributed by atoms with Crippen LogP contribution in [0.5, 0.6) is 0 Å². The second-order valence-electron chi connectivity index (χ2n) is 8.66. The normalized spacial score (nSPS) is 20.9. The Balaban J connectivity index is 1.52. The average Bonchev–Trinajstić information content (AvgIpc) is 3.45. The van der Waals surface area contributed by atoms with Crippen molar-refractivity contribution in [3.8, 4) is 0 Å². The molecule has 0 bridgehead atoms. The van der Waals surface area contributed by atoms with Crippen LogP contribution in [0.15, 0.2) is 60.3 Å². The average molecular weight is 497 g/mol. The van der Waals surface area contributed by atoms with Crippen LogP contribution in [0, 0.1) is 0 Å². The van der Waals surface area contributed by atoms with Gasteiger partial charge in [-0.1, -0.05) is 44.2 Å². The van der Waals surface area contributed by atoms with Crippen LogP contribution in [0.25, 0.3) is 6.08 Å². The lowest BCUT2D eigenvalue weighted by molar-refractivity contribution is -0.138. The number of hydrogen-bond acceptors (Lipinski definition) is 6. The molecule has 0 saturated carbocycles. The number of Topliss-reactive ketones (excluding diaryl/α,β-unsaturated/α-hetero) is 1. The highest BCUT2D eigenvalue weighted by molar-refractivity contribution is 7.89. The third-order valence-electron chi connectivity index (χ3n) is 6.46. The lowest BCUT2D eigenvalue weighted by Gasteiger charge is -2.28. The third kappa shape index (κ3) is 4.76. The summed E-state index contributed by atoms with van der Waals surface area (Å²) >= 11 is 0. The number of carbonyl (C=O) groups excluding carboxylic acids is 3. The highest BCUT2D eigenvalue weighted by Gasteiger charge is 2.54. The Hall–Kier alpha value is -3.37. The van der Waals surface area contributed by atoms with E-state index in [4.69, 9.17) is 0 Å². The summed E-state index contributed by atoms with van der Waals surface area (Å²) in [5.74, 6) is -1.09. The molecule has 2 aromatic rings. The number of fused-ring (bicyclic) bond motifs is 1. The van der Waals surface area contributed by atoms with Gasteiger partial charge in [-0.05, 0) is 42.7 Å². The van der Waals surface area contributed by atoms with Crippen LogP contribution in [0.1, 0.15) is 42.1 Å². The lowest BCUT2D eigenvalue weighted by atomic mass is 10.1. The zero-order valence-corrected chi connectivity index (χ0v) is 20.3. The number of amides is 2. The minimum absolute atomic E-state index is 0.128. The predicted octanol–water partition coefficient (Wildman–Crippen LogP) is 1.87. The Morgan fingerprint density at radius 1 is 1.23 bits per heavy atom. The van der Waals surface area contributed by atoms with Gasteiger partial charge in [0.15, 0.2) is 10.8 Å². The van der Waals surface area contributed by atoms with E-state index in [2.05, 4.69) is 16.9 Å². The molecule has 0 aliphatic carbocycles. The Morgan fingerprint density at radius 2 is 1.97 bits per heavy atom. The number of nitrogens with one attached hydrogen (secondary N) is 1. The SMILES string of the molecule is C=Cc1ccc(C(=O)NC(CCC)C(=O)N2CCC3C2C(=O)CN3S(=O)(=O)c2ccccn2)cc1. The zero-order valence-electron chi connectivity index (χ0n) is 19.5. The van der Waals surface area contributed by atoms with E-state index in [9.17, 15) is 22.8 Å². The number of aromatic nitrogens is 1. The van der Waals surface area contributed by atoms with Gasteiger partial charge in [-0.15, -0.1) is 0 Å². The summed E-state index contributed by atoms with van der Waals surface area (Å²) in [6, 6.07) is 9.07. The molecule has 3 unspecified atom stereocenters. The van der Waals surface area contributed by atoms with E-state index in [-0.39, 0.29) is 35.7 Å². The second-order valence-corrected chi connectivity index (χ2v) is 10.5. The van der Waals surface area contributed by atoms with Gasteiger partial charge in [0.05, 0.1) is 12.6 Å². The minimum atomic E-state index is -3.98. The molecule has 184 valence electrons. The molecular formula is C25H28N4O5S. The highest BCUT2D eigenvalue weighted by atomic mass is 32.2. The molecule has 3 heterocycles. The number of carbonyl (C=O) groups is 3. The van der Waals surface area contributed by atoms with Gasteiger partial charge in [0.2, 0.25) is 5.91 Å². The molecular weight excluding hydrogens is 468 g/mol. The third-order valence-corrected chi connectivity index (χ3v) is 8.25. The smallest absolute Gasteiger partial charge is 0.261 e. The van der Waals surface area contributed by atoms with Crippen molar-refractivity contribution < 1.29 is 22.8 Å². The number of nitrogens with zero attached hydrogens (tertiary/aromatic N) is 3. The number of benzene rings is 1. The number of sulfonamides is 1. The zero-order chi connectivity index (χ0) is 25.2. The Bertz CT molecular complexity index is 1230. The number of hydrogen-bond donors (Lipinski definition) is 1. The van der Waals surface area contributed by atoms with E-state index in [0.717, 1.165) is 9.87 Å². The van der Waals surface area contributed by atoms with E-state index in [0.29, 0.717) is 24.8 Å². The largest absolute Gasteiger partial charge is 0.340 e. The van der Waals surface area contributed by atoms with Gasteiger partial charge in [-0.2, -0.15) is 4.31 Å². The summed E-state index contributed by atoms with van der Waals surface area (Å²) in [6.45, 7) is 5.52. The van der Waals surface area contributed by atoms with E-state index in [1.807, 2.05) is 6.92 Å². The monoisotopic (exact) mass is 496 g/mol. The summed E-state index contributed by atoms with van der Waals surface area (Å²) < 4.78 is 27.4. The van der Waals surface area contributed by atoms with Gasteiger partial charge in [0.25, 0.3) is 15.9 Å². The van der Waals surface area contributed by atoms with Crippen molar-refractivity contribution in [1.29, 1.82) is 0 Å². The number of ketones is 1. The predicted molar refractivity (Wildman–Crippen MR) is 130 cm³/mol. The first-order chi connectivity index (χ1) is 16.8. The Labute approximate surface area is 204 Å². The molecule has 4 rings (SSSR count). The fourth-order valence-electron chi connectivity index (χ4n) is 4.72. The summed E-state index contributed by atoms with van der Waals surface area (Å²) in [4.78, 5) is 44.6. The molecule has 2 aliphatic heterocycles. The molecule has 2 saturated heterocycles. The lowest BCUT2D eigenvalue weighted by Crippen LogP contribution is -2.52. The number of pyridine rings is 1. The van der Waals surface area contributed by atoms with Crippen LogP contribution in [0.4, 0.5) is 0 Å². The minimum Gasteiger partial charge on any atom is -0.340 e. The molecule has 0 radical (unpaired) electrons. The molecule has 35 heavy (non-hydrogen) atoms. The van der Waals surface area contributed by atoms with Crippen molar-refractivity contribution in [3.05, 3.63) is 66.4 Å². The van der Waals surface area contributed by atoms with Crippen LogP contribution in [-0.2, 0) is 19.6 Å². The summed E-state index contributed by atoms with van der Waals surface area (Å²) in [5.41, 5.74) is 1.28. The van der Waals surface area contributed by atoms with Crippen LogP contribution in [0.2, 0.25) is 0 Å². The van der Waals surface area contributed by atoms with Crippen molar-refractivity contribution in [2.24, 2.45) is 0 Å².